The SMILES string of the molecule is C=C(C)CN1CCN(C)CC12CCCCC2. The standard InChI is InChI=1S/C14H26N2/c1-13(2)11-16-10-9-15(3)12-14(16)7-5-4-6-8-14/h1,4-12H2,2-3H3. The van der Waals surface area contributed by atoms with E-state index >= 15 is 0 Å². The van der Waals surface area contributed by atoms with Crippen LogP contribution in [0.25, 0.3) is 0 Å². The van der Waals surface area contributed by atoms with E-state index in [1.54, 1.807) is 0 Å². The van der Waals surface area contributed by atoms with Crippen LogP contribution in [-0.4, -0.2) is 48.6 Å². The monoisotopic (exact) mass is 222 g/mol. The summed E-state index contributed by atoms with van der Waals surface area (Å²) in [4.78, 5) is 5.23. The average Bonchev–Trinajstić information content (AvgIpc) is 2.23. The second kappa shape index (κ2) is 4.89. The van der Waals surface area contributed by atoms with Gasteiger partial charge in [0.15, 0.2) is 0 Å². The lowest BCUT2D eigenvalue weighted by Gasteiger charge is -2.52. The Bertz CT molecular complexity index is 253. The van der Waals surface area contributed by atoms with Crippen LogP contribution in [0.3, 0.4) is 0 Å². The zero-order chi connectivity index (χ0) is 11.6. The van der Waals surface area contributed by atoms with Gasteiger partial charge in [-0.15, -0.1) is 0 Å². The molecule has 1 heterocycles. The normalized spacial score (nSPS) is 27.1. The molecule has 1 spiro atoms. The Morgan fingerprint density at radius 3 is 2.50 bits per heavy atom. The lowest BCUT2D eigenvalue weighted by Crippen LogP contribution is -2.62. The van der Waals surface area contributed by atoms with Gasteiger partial charge in [-0.05, 0) is 26.8 Å². The first kappa shape index (κ1) is 12.1. The second-order valence-electron chi connectivity index (χ2n) is 5.90. The van der Waals surface area contributed by atoms with Gasteiger partial charge in [-0.25, -0.2) is 0 Å². The van der Waals surface area contributed by atoms with Gasteiger partial charge in [0, 0.05) is 31.7 Å². The topological polar surface area (TPSA) is 6.48 Å². The molecule has 2 heteroatoms. The third kappa shape index (κ3) is 2.49. The van der Waals surface area contributed by atoms with Crippen LogP contribution in [0.2, 0.25) is 0 Å². The van der Waals surface area contributed by atoms with Crippen molar-refractivity contribution in [3.63, 3.8) is 0 Å². The molecule has 0 N–H and O–H groups in total. The number of rotatable bonds is 2. The fourth-order valence-corrected chi connectivity index (χ4v) is 3.47. The zero-order valence-electron chi connectivity index (χ0n) is 11.0. The molecule has 2 rings (SSSR count). The highest BCUT2D eigenvalue weighted by Gasteiger charge is 2.40. The van der Waals surface area contributed by atoms with Crippen LogP contribution >= 0.6 is 0 Å². The maximum absolute atomic E-state index is 4.09. The Kier molecular flexibility index (Phi) is 3.70. The van der Waals surface area contributed by atoms with E-state index in [9.17, 15) is 0 Å². The molecule has 2 nitrogen and oxygen atoms in total. The van der Waals surface area contributed by atoms with Gasteiger partial charge in [0.05, 0.1) is 0 Å². The van der Waals surface area contributed by atoms with Crippen molar-refractivity contribution in [3.05, 3.63) is 12.2 Å². The van der Waals surface area contributed by atoms with Crippen molar-refractivity contribution in [1.82, 2.24) is 9.80 Å². The molecule has 0 bridgehead atoms. The Morgan fingerprint density at radius 2 is 1.88 bits per heavy atom. The number of hydrogen-bond donors (Lipinski definition) is 0. The van der Waals surface area contributed by atoms with Crippen molar-refractivity contribution < 1.29 is 0 Å². The summed E-state index contributed by atoms with van der Waals surface area (Å²) in [7, 11) is 2.27. The van der Waals surface area contributed by atoms with E-state index in [1.165, 1.54) is 57.3 Å². The van der Waals surface area contributed by atoms with Crippen molar-refractivity contribution in [2.75, 3.05) is 33.2 Å². The van der Waals surface area contributed by atoms with E-state index < -0.39 is 0 Å². The molecule has 2 fully saturated rings. The summed E-state index contributed by atoms with van der Waals surface area (Å²) in [5.41, 5.74) is 1.79. The molecule has 1 saturated carbocycles. The van der Waals surface area contributed by atoms with Crippen LogP contribution < -0.4 is 0 Å². The summed E-state index contributed by atoms with van der Waals surface area (Å²) in [6, 6.07) is 0. The Labute approximate surface area is 100 Å². The summed E-state index contributed by atoms with van der Waals surface area (Å²) < 4.78 is 0. The van der Waals surface area contributed by atoms with Gasteiger partial charge in [0.1, 0.15) is 0 Å². The fraction of sp³-hybridized carbons (Fsp3) is 0.857. The minimum atomic E-state index is 0.476. The van der Waals surface area contributed by atoms with Crippen molar-refractivity contribution in [1.29, 1.82) is 0 Å². The Balaban J connectivity index is 2.10. The molecular formula is C14H26N2. The van der Waals surface area contributed by atoms with Crippen LogP contribution in [0.1, 0.15) is 39.0 Å². The van der Waals surface area contributed by atoms with Gasteiger partial charge in [-0.1, -0.05) is 31.4 Å². The highest BCUT2D eigenvalue weighted by molar-refractivity contribution is 5.03. The molecule has 1 saturated heterocycles. The number of hydrogen-bond acceptors (Lipinski definition) is 2. The van der Waals surface area contributed by atoms with Gasteiger partial charge in [0.2, 0.25) is 0 Å². The van der Waals surface area contributed by atoms with Crippen LogP contribution in [0.15, 0.2) is 12.2 Å². The molecule has 0 radical (unpaired) electrons. The van der Waals surface area contributed by atoms with E-state index in [4.69, 9.17) is 0 Å². The summed E-state index contributed by atoms with van der Waals surface area (Å²) in [6.45, 7) is 11.1. The summed E-state index contributed by atoms with van der Waals surface area (Å²) >= 11 is 0. The second-order valence-corrected chi connectivity index (χ2v) is 5.90. The van der Waals surface area contributed by atoms with Crippen LogP contribution in [-0.2, 0) is 0 Å². The van der Waals surface area contributed by atoms with Gasteiger partial charge >= 0.3 is 0 Å². The smallest absolute Gasteiger partial charge is 0.0340 e. The molecule has 0 atom stereocenters. The maximum atomic E-state index is 4.09. The predicted octanol–water partition coefficient (Wildman–Crippen LogP) is 2.51. The van der Waals surface area contributed by atoms with E-state index in [0.29, 0.717) is 5.54 Å². The van der Waals surface area contributed by atoms with Gasteiger partial charge < -0.3 is 4.90 Å². The van der Waals surface area contributed by atoms with Crippen LogP contribution in [0.4, 0.5) is 0 Å². The van der Waals surface area contributed by atoms with Crippen LogP contribution in [0.5, 0.6) is 0 Å². The largest absolute Gasteiger partial charge is 0.303 e. The number of nitrogens with zero attached hydrogens (tertiary/aromatic N) is 2. The third-order valence-electron chi connectivity index (χ3n) is 4.23. The van der Waals surface area contributed by atoms with Crippen molar-refractivity contribution in [2.24, 2.45) is 0 Å². The summed E-state index contributed by atoms with van der Waals surface area (Å²) in [5, 5.41) is 0. The molecule has 92 valence electrons. The van der Waals surface area contributed by atoms with E-state index in [2.05, 4.69) is 30.4 Å². The first-order valence-corrected chi connectivity index (χ1v) is 6.70. The highest BCUT2D eigenvalue weighted by Crippen LogP contribution is 2.36. The molecule has 1 aliphatic heterocycles. The fourth-order valence-electron chi connectivity index (χ4n) is 3.47. The van der Waals surface area contributed by atoms with Crippen LogP contribution in [0, 0.1) is 0 Å². The quantitative estimate of drug-likeness (QED) is 0.662. The van der Waals surface area contributed by atoms with Gasteiger partial charge in [-0.3, -0.25) is 4.90 Å². The Morgan fingerprint density at radius 1 is 1.19 bits per heavy atom. The van der Waals surface area contributed by atoms with Crippen molar-refractivity contribution in [3.8, 4) is 0 Å². The molecule has 0 amide bonds. The maximum Gasteiger partial charge on any atom is 0.0340 e. The predicted molar refractivity (Wildman–Crippen MR) is 69.7 cm³/mol. The summed E-state index contributed by atoms with van der Waals surface area (Å²) in [6.07, 6.45) is 7.06. The van der Waals surface area contributed by atoms with Crippen molar-refractivity contribution >= 4 is 0 Å². The summed E-state index contributed by atoms with van der Waals surface area (Å²) in [5.74, 6) is 0. The highest BCUT2D eigenvalue weighted by atomic mass is 15.3. The molecule has 0 aromatic carbocycles. The molecule has 2 aliphatic rings. The molecule has 0 aromatic heterocycles. The lowest BCUT2D eigenvalue weighted by molar-refractivity contribution is -0.0117. The zero-order valence-corrected chi connectivity index (χ0v) is 11.0. The molecule has 0 unspecified atom stereocenters. The first-order valence-electron chi connectivity index (χ1n) is 6.70. The molecule has 1 aliphatic carbocycles. The number of likely N-dealkylation sites (N-methyl/N-ethyl adjacent to an activating group) is 1. The van der Waals surface area contributed by atoms with E-state index in [1.807, 2.05) is 0 Å². The average molecular weight is 222 g/mol. The number of piperazine rings is 1. The Hall–Kier alpha value is -0.340. The third-order valence-corrected chi connectivity index (χ3v) is 4.23. The molecule has 0 aromatic rings. The van der Waals surface area contributed by atoms with Gasteiger partial charge in [0.25, 0.3) is 0 Å². The lowest BCUT2D eigenvalue weighted by atomic mass is 9.78. The first-order chi connectivity index (χ1) is 7.62. The molecule has 16 heavy (non-hydrogen) atoms. The van der Waals surface area contributed by atoms with E-state index in [-0.39, 0.29) is 0 Å². The minimum Gasteiger partial charge on any atom is -0.303 e. The van der Waals surface area contributed by atoms with Gasteiger partial charge in [-0.2, -0.15) is 0 Å². The van der Waals surface area contributed by atoms with Crippen molar-refractivity contribution in [2.45, 2.75) is 44.6 Å². The van der Waals surface area contributed by atoms with E-state index in [0.717, 1.165) is 6.54 Å². The molecular weight excluding hydrogens is 196 g/mol. The minimum absolute atomic E-state index is 0.476.